The predicted octanol–water partition coefficient (Wildman–Crippen LogP) is 3.42. The Kier molecular flexibility index (Phi) is 12.3. The van der Waals surface area contributed by atoms with Gasteiger partial charge in [0.15, 0.2) is 0 Å². The van der Waals surface area contributed by atoms with Crippen LogP contribution < -0.4 is 0 Å². The first-order valence-electron chi connectivity index (χ1n) is 8.32. The van der Waals surface area contributed by atoms with Gasteiger partial charge in [-0.15, -0.1) is 0 Å². The highest BCUT2D eigenvalue weighted by atomic mass is 32.4. The largest absolute Gasteiger partial charge is 0.381 e. The number of rotatable bonds is 13. The van der Waals surface area contributed by atoms with Gasteiger partial charge < -0.3 is 9.47 Å². The maximum absolute atomic E-state index is 6.29. The molecule has 0 atom stereocenters. The van der Waals surface area contributed by atoms with E-state index in [-0.39, 0.29) is 5.66 Å². The van der Waals surface area contributed by atoms with E-state index < -0.39 is 6.34 Å². The molecule has 0 saturated carbocycles. The van der Waals surface area contributed by atoms with Crippen molar-refractivity contribution in [3.8, 4) is 0 Å². The molecular formula is C15H35N2O2PS. The van der Waals surface area contributed by atoms with Gasteiger partial charge in [0.1, 0.15) is 0 Å². The van der Waals surface area contributed by atoms with E-state index in [9.17, 15) is 0 Å². The SMILES string of the molecule is CCOCC(COCC)P(=S)(N(CC)CC)N(CC)CC. The van der Waals surface area contributed by atoms with E-state index in [1.165, 1.54) is 0 Å². The van der Waals surface area contributed by atoms with Gasteiger partial charge >= 0.3 is 0 Å². The van der Waals surface area contributed by atoms with Gasteiger partial charge in [-0.1, -0.05) is 39.5 Å². The molecule has 0 fully saturated rings. The predicted molar refractivity (Wildman–Crippen MR) is 96.9 cm³/mol. The third kappa shape index (κ3) is 5.89. The lowest BCUT2D eigenvalue weighted by atomic mass is 10.5. The second-order valence-electron chi connectivity index (χ2n) is 4.84. The maximum atomic E-state index is 6.29. The molecule has 0 aromatic rings. The molecule has 0 heterocycles. The van der Waals surface area contributed by atoms with Crippen LogP contribution in [0.25, 0.3) is 0 Å². The normalized spacial score (nSPS) is 12.8. The molecule has 0 aromatic heterocycles. The van der Waals surface area contributed by atoms with E-state index in [1.54, 1.807) is 0 Å². The molecule has 0 aliphatic heterocycles. The summed E-state index contributed by atoms with van der Waals surface area (Å²) in [5.74, 6) is 0. The van der Waals surface area contributed by atoms with Crippen LogP contribution in [0.3, 0.4) is 0 Å². The molecular weight excluding hydrogens is 303 g/mol. The molecule has 0 saturated heterocycles. The van der Waals surface area contributed by atoms with Crippen molar-refractivity contribution in [2.45, 2.75) is 47.2 Å². The third-order valence-corrected chi connectivity index (χ3v) is 10.1. The molecule has 0 unspecified atom stereocenters. The van der Waals surface area contributed by atoms with Gasteiger partial charge in [-0.25, -0.2) is 0 Å². The second-order valence-corrected chi connectivity index (χ2v) is 9.49. The van der Waals surface area contributed by atoms with Gasteiger partial charge in [-0.3, -0.25) is 9.34 Å². The average molecular weight is 338 g/mol. The lowest BCUT2D eigenvalue weighted by molar-refractivity contribution is 0.0941. The van der Waals surface area contributed by atoms with Gasteiger partial charge in [0.25, 0.3) is 0 Å². The minimum Gasteiger partial charge on any atom is -0.381 e. The zero-order valence-electron chi connectivity index (χ0n) is 14.8. The van der Waals surface area contributed by atoms with Crippen molar-refractivity contribution in [3.05, 3.63) is 0 Å². The fourth-order valence-electron chi connectivity index (χ4n) is 2.65. The Morgan fingerprint density at radius 2 is 1.10 bits per heavy atom. The average Bonchev–Trinajstić information content (AvgIpc) is 2.49. The van der Waals surface area contributed by atoms with Gasteiger partial charge in [0, 0.05) is 39.4 Å². The summed E-state index contributed by atoms with van der Waals surface area (Å²) >= 11 is 6.29. The molecule has 0 amide bonds. The van der Waals surface area contributed by atoms with Crippen LogP contribution in [0.2, 0.25) is 0 Å². The van der Waals surface area contributed by atoms with Crippen molar-refractivity contribution in [2.75, 3.05) is 52.6 Å². The number of hydrogen-bond acceptors (Lipinski definition) is 3. The van der Waals surface area contributed by atoms with Crippen LogP contribution in [-0.4, -0.2) is 67.6 Å². The topological polar surface area (TPSA) is 24.9 Å². The Balaban J connectivity index is 5.48. The minimum atomic E-state index is -1.86. The highest BCUT2D eigenvalue weighted by molar-refractivity contribution is 8.12. The van der Waals surface area contributed by atoms with Crippen molar-refractivity contribution in [2.24, 2.45) is 0 Å². The monoisotopic (exact) mass is 338 g/mol. The van der Waals surface area contributed by atoms with Gasteiger partial charge in [0.2, 0.25) is 0 Å². The molecule has 21 heavy (non-hydrogen) atoms. The van der Waals surface area contributed by atoms with Crippen LogP contribution >= 0.6 is 6.34 Å². The zero-order chi connectivity index (χ0) is 16.3. The van der Waals surface area contributed by atoms with Crippen LogP contribution in [0, 0.1) is 0 Å². The highest BCUT2D eigenvalue weighted by Crippen LogP contribution is 2.57. The summed E-state index contributed by atoms with van der Waals surface area (Å²) in [6.07, 6.45) is -1.86. The Morgan fingerprint density at radius 1 is 0.762 bits per heavy atom. The van der Waals surface area contributed by atoms with Gasteiger partial charge in [0.05, 0.1) is 25.2 Å². The fourth-order valence-corrected chi connectivity index (χ4v) is 7.90. The summed E-state index contributed by atoms with van der Waals surface area (Å²) < 4.78 is 16.4. The molecule has 128 valence electrons. The highest BCUT2D eigenvalue weighted by Gasteiger charge is 2.37. The standard InChI is InChI=1S/C15H35N2O2PS/c1-7-16(8-2)20(21,17(9-3)10-4)15(13-18-11-5)14-19-12-6/h15H,7-14H2,1-6H3. The Bertz CT molecular complexity index is 273. The van der Waals surface area contributed by atoms with Crippen LogP contribution in [0.5, 0.6) is 0 Å². The number of nitrogens with zero attached hydrogens (tertiary/aromatic N) is 2. The minimum absolute atomic E-state index is 0.271. The van der Waals surface area contributed by atoms with Gasteiger partial charge in [-0.2, -0.15) is 0 Å². The first-order valence-corrected chi connectivity index (χ1v) is 11.1. The Hall–Kier alpha value is 0.490. The number of hydrogen-bond donors (Lipinski definition) is 0. The third-order valence-electron chi connectivity index (χ3n) is 3.78. The summed E-state index contributed by atoms with van der Waals surface area (Å²) in [6.45, 7) is 19.7. The van der Waals surface area contributed by atoms with Crippen molar-refractivity contribution >= 4 is 18.1 Å². The quantitative estimate of drug-likeness (QED) is 0.479. The van der Waals surface area contributed by atoms with Crippen molar-refractivity contribution in [1.29, 1.82) is 0 Å². The van der Waals surface area contributed by atoms with E-state index in [0.717, 1.165) is 39.4 Å². The van der Waals surface area contributed by atoms with Crippen molar-refractivity contribution in [3.63, 3.8) is 0 Å². The summed E-state index contributed by atoms with van der Waals surface area (Å²) in [6, 6.07) is 0. The Morgan fingerprint density at radius 3 is 1.33 bits per heavy atom. The molecule has 0 radical (unpaired) electrons. The van der Waals surface area contributed by atoms with Crippen LogP contribution in [0.1, 0.15) is 41.5 Å². The molecule has 0 N–H and O–H groups in total. The molecule has 0 aliphatic rings. The number of ether oxygens (including phenoxy) is 2. The summed E-state index contributed by atoms with van der Waals surface area (Å²) in [4.78, 5) is 0. The lowest BCUT2D eigenvalue weighted by Crippen LogP contribution is -2.40. The van der Waals surface area contributed by atoms with E-state index in [2.05, 4.69) is 37.0 Å². The molecule has 0 spiro atoms. The molecule has 0 aliphatic carbocycles. The lowest BCUT2D eigenvalue weighted by Gasteiger charge is -2.46. The van der Waals surface area contributed by atoms with Crippen molar-refractivity contribution in [1.82, 2.24) is 9.34 Å². The summed E-state index contributed by atoms with van der Waals surface area (Å²) in [7, 11) is 0. The van der Waals surface area contributed by atoms with Crippen molar-refractivity contribution < 1.29 is 9.47 Å². The molecule has 6 heteroatoms. The van der Waals surface area contributed by atoms with Crippen LogP contribution in [0.4, 0.5) is 0 Å². The second kappa shape index (κ2) is 12.0. The van der Waals surface area contributed by atoms with E-state index >= 15 is 0 Å². The Labute approximate surface area is 137 Å². The molecule has 0 rings (SSSR count). The molecule has 0 aromatic carbocycles. The smallest absolute Gasteiger partial charge is 0.0851 e. The fraction of sp³-hybridized carbons (Fsp3) is 1.00. The molecule has 0 bridgehead atoms. The zero-order valence-corrected chi connectivity index (χ0v) is 16.5. The molecule has 4 nitrogen and oxygen atoms in total. The summed E-state index contributed by atoms with van der Waals surface area (Å²) in [5.41, 5.74) is 0.271. The van der Waals surface area contributed by atoms with E-state index in [4.69, 9.17) is 21.3 Å². The van der Waals surface area contributed by atoms with E-state index in [0.29, 0.717) is 13.2 Å². The van der Waals surface area contributed by atoms with E-state index in [1.807, 2.05) is 13.8 Å². The summed E-state index contributed by atoms with van der Waals surface area (Å²) in [5, 5.41) is 0. The first kappa shape index (κ1) is 21.5. The first-order chi connectivity index (χ1) is 10.1. The maximum Gasteiger partial charge on any atom is 0.0851 e. The van der Waals surface area contributed by atoms with Gasteiger partial charge in [-0.05, 0) is 13.8 Å². The van der Waals surface area contributed by atoms with Crippen LogP contribution in [0.15, 0.2) is 0 Å². The van der Waals surface area contributed by atoms with Crippen LogP contribution in [-0.2, 0) is 21.3 Å².